The molecule has 7 nitrogen and oxygen atoms in total. The number of carboxylic acid groups (broad SMARTS) is 1. The van der Waals surface area contributed by atoms with Crippen LogP contribution in [-0.4, -0.2) is 40.1 Å². The molecule has 2 fully saturated rings. The van der Waals surface area contributed by atoms with Gasteiger partial charge in [0.25, 0.3) is 0 Å². The number of carboxylic acids is 1. The maximum absolute atomic E-state index is 13.5. The molecule has 2 aliphatic rings. The number of nitriles is 1. The molecule has 1 aliphatic heterocycles. The van der Waals surface area contributed by atoms with Crippen LogP contribution in [0, 0.1) is 23.7 Å². The molecule has 1 spiro atoms. The van der Waals surface area contributed by atoms with E-state index in [1.807, 2.05) is 30.9 Å². The molecule has 5 rings (SSSR count). The Morgan fingerprint density at radius 3 is 2.53 bits per heavy atom. The van der Waals surface area contributed by atoms with Gasteiger partial charge in [0, 0.05) is 37.2 Å². The van der Waals surface area contributed by atoms with Crippen LogP contribution in [0.5, 0.6) is 0 Å². The van der Waals surface area contributed by atoms with Gasteiger partial charge in [0.05, 0.1) is 22.6 Å². The minimum atomic E-state index is -2.56. The van der Waals surface area contributed by atoms with E-state index in [2.05, 4.69) is 16.4 Å². The predicted octanol–water partition coefficient (Wildman–Crippen LogP) is 5.70. The van der Waals surface area contributed by atoms with Crippen LogP contribution in [0.25, 0.3) is 11.0 Å². The van der Waals surface area contributed by atoms with Gasteiger partial charge in [-0.3, -0.25) is 0 Å². The van der Waals surface area contributed by atoms with E-state index in [1.54, 1.807) is 24.3 Å². The maximum Gasteiger partial charge on any atom is 0.337 e. The number of aryl methyl sites for hydroxylation is 1. The van der Waals surface area contributed by atoms with Gasteiger partial charge in [-0.1, -0.05) is 18.2 Å². The number of hydrogen-bond acceptors (Lipinski definition) is 6. The van der Waals surface area contributed by atoms with Crippen molar-refractivity contribution in [2.45, 2.75) is 51.5 Å². The first-order valence-electron chi connectivity index (χ1n) is 12.0. The zero-order chi connectivity index (χ0) is 25.7. The van der Waals surface area contributed by atoms with E-state index < -0.39 is 11.9 Å². The molecule has 2 heterocycles. The van der Waals surface area contributed by atoms with E-state index in [4.69, 9.17) is 4.98 Å². The van der Waals surface area contributed by atoms with E-state index in [0.717, 1.165) is 11.1 Å². The number of piperidine rings is 1. The molecule has 0 unspecified atom stereocenters. The van der Waals surface area contributed by atoms with Crippen molar-refractivity contribution in [1.29, 1.82) is 5.26 Å². The third-order valence-corrected chi connectivity index (χ3v) is 7.42. The Labute approximate surface area is 207 Å². The standard InChI is InChI=1S/C27H27F2N5O2/c1-16-11-19(17(2)31-20-6-4-3-5-18(20)25(35)36)23-21(12-16)32-22(13-30)24(33-23)34-9-7-26(8-10-34)14-27(28,29)15-26/h3-6,11-12,17,31H,7-10,14-15H2,1-2H3,(H,35,36)/t17-/m1/s1. The summed E-state index contributed by atoms with van der Waals surface area (Å²) in [6.45, 7) is 4.95. The maximum atomic E-state index is 13.5. The molecule has 1 saturated carbocycles. The first-order chi connectivity index (χ1) is 17.1. The van der Waals surface area contributed by atoms with Gasteiger partial charge in [-0.25, -0.2) is 23.5 Å². The highest BCUT2D eigenvalue weighted by Gasteiger charge is 2.56. The predicted molar refractivity (Wildman–Crippen MR) is 132 cm³/mol. The fraction of sp³-hybridized carbons (Fsp3) is 0.407. The molecule has 36 heavy (non-hydrogen) atoms. The van der Waals surface area contributed by atoms with Crippen LogP contribution in [0.3, 0.4) is 0 Å². The zero-order valence-electron chi connectivity index (χ0n) is 20.2. The number of nitrogens with zero attached hydrogens (tertiary/aromatic N) is 4. The molecule has 1 atom stereocenters. The number of carbonyl (C=O) groups is 1. The van der Waals surface area contributed by atoms with Crippen LogP contribution in [-0.2, 0) is 0 Å². The highest BCUT2D eigenvalue weighted by Crippen LogP contribution is 2.57. The van der Waals surface area contributed by atoms with Crippen LogP contribution >= 0.6 is 0 Å². The van der Waals surface area contributed by atoms with E-state index in [0.29, 0.717) is 48.5 Å². The summed E-state index contributed by atoms with van der Waals surface area (Å²) in [6.07, 6.45) is 1.15. The summed E-state index contributed by atoms with van der Waals surface area (Å²) in [5, 5.41) is 22.7. The molecule has 2 N–H and O–H groups in total. The Balaban J connectivity index is 1.49. The lowest BCUT2D eigenvalue weighted by molar-refractivity contribution is -0.168. The normalized spacial score (nSPS) is 18.9. The number of benzene rings is 2. The molecule has 9 heteroatoms. The molecule has 0 amide bonds. The monoisotopic (exact) mass is 491 g/mol. The molecule has 3 aromatic rings. The number of fused-ring (bicyclic) bond motifs is 1. The van der Waals surface area contributed by atoms with Crippen molar-refractivity contribution in [2.24, 2.45) is 5.41 Å². The Morgan fingerprint density at radius 1 is 1.19 bits per heavy atom. The lowest BCUT2D eigenvalue weighted by Crippen LogP contribution is -2.52. The van der Waals surface area contributed by atoms with E-state index in [-0.39, 0.29) is 35.6 Å². The van der Waals surface area contributed by atoms with Gasteiger partial charge in [-0.05, 0) is 55.9 Å². The summed E-state index contributed by atoms with van der Waals surface area (Å²) in [5.74, 6) is -3.11. The Bertz CT molecular complexity index is 1380. The summed E-state index contributed by atoms with van der Waals surface area (Å²) in [4.78, 5) is 23.1. The van der Waals surface area contributed by atoms with Crippen molar-refractivity contribution in [1.82, 2.24) is 9.97 Å². The van der Waals surface area contributed by atoms with Gasteiger partial charge in [-0.15, -0.1) is 0 Å². The van der Waals surface area contributed by atoms with Crippen LogP contribution < -0.4 is 10.2 Å². The molecule has 0 radical (unpaired) electrons. The van der Waals surface area contributed by atoms with Crippen molar-refractivity contribution in [3.63, 3.8) is 0 Å². The van der Waals surface area contributed by atoms with Crippen LogP contribution in [0.15, 0.2) is 36.4 Å². The summed E-state index contributed by atoms with van der Waals surface area (Å²) in [5.41, 5.74) is 3.54. The van der Waals surface area contributed by atoms with Crippen molar-refractivity contribution >= 4 is 28.5 Å². The number of para-hydroxylation sites is 1. The topological polar surface area (TPSA) is 102 Å². The number of alkyl halides is 2. The smallest absolute Gasteiger partial charge is 0.337 e. The first-order valence-corrected chi connectivity index (χ1v) is 12.0. The van der Waals surface area contributed by atoms with Gasteiger partial charge in [0.1, 0.15) is 6.07 Å². The SMILES string of the molecule is Cc1cc([C@@H](C)Nc2ccccc2C(=O)O)c2nc(N3CCC4(CC3)CC(F)(F)C4)c(C#N)nc2c1. The minimum absolute atomic E-state index is 0.0627. The van der Waals surface area contributed by atoms with Gasteiger partial charge >= 0.3 is 5.97 Å². The molecular formula is C27H27F2N5O2. The van der Waals surface area contributed by atoms with Gasteiger partial charge in [0.15, 0.2) is 11.5 Å². The average Bonchev–Trinajstić information content (AvgIpc) is 2.82. The largest absolute Gasteiger partial charge is 0.478 e. The molecular weight excluding hydrogens is 464 g/mol. The van der Waals surface area contributed by atoms with Gasteiger partial charge < -0.3 is 15.3 Å². The average molecular weight is 492 g/mol. The number of hydrogen-bond donors (Lipinski definition) is 2. The second-order valence-corrected chi connectivity index (χ2v) is 10.1. The summed E-state index contributed by atoms with van der Waals surface area (Å²) >= 11 is 0. The lowest BCUT2D eigenvalue weighted by atomic mass is 9.61. The van der Waals surface area contributed by atoms with Crippen LogP contribution in [0.4, 0.5) is 20.3 Å². The molecule has 1 saturated heterocycles. The summed E-state index contributed by atoms with van der Waals surface area (Å²) in [7, 11) is 0. The highest BCUT2D eigenvalue weighted by molar-refractivity contribution is 5.94. The summed E-state index contributed by atoms with van der Waals surface area (Å²) in [6, 6.07) is 12.4. The van der Waals surface area contributed by atoms with Crippen molar-refractivity contribution in [2.75, 3.05) is 23.3 Å². The number of rotatable bonds is 5. The van der Waals surface area contributed by atoms with Gasteiger partial charge in [-0.2, -0.15) is 5.26 Å². The van der Waals surface area contributed by atoms with Gasteiger partial charge in [0.2, 0.25) is 5.92 Å². The van der Waals surface area contributed by atoms with Crippen molar-refractivity contribution < 1.29 is 18.7 Å². The Kier molecular flexibility index (Phi) is 5.78. The summed E-state index contributed by atoms with van der Waals surface area (Å²) < 4.78 is 27.1. The Morgan fingerprint density at radius 2 is 1.89 bits per heavy atom. The Hall–Kier alpha value is -3.80. The second-order valence-electron chi connectivity index (χ2n) is 10.1. The third kappa shape index (κ3) is 4.32. The molecule has 1 aromatic heterocycles. The van der Waals surface area contributed by atoms with Crippen LogP contribution in [0.2, 0.25) is 0 Å². The quantitative estimate of drug-likeness (QED) is 0.472. The molecule has 1 aliphatic carbocycles. The van der Waals surface area contributed by atoms with E-state index in [9.17, 15) is 23.9 Å². The fourth-order valence-electron chi connectivity index (χ4n) is 5.65. The molecule has 2 aromatic carbocycles. The van der Waals surface area contributed by atoms with Crippen molar-refractivity contribution in [3.8, 4) is 6.07 Å². The van der Waals surface area contributed by atoms with E-state index in [1.165, 1.54) is 0 Å². The number of aromatic nitrogens is 2. The number of anilines is 2. The highest BCUT2D eigenvalue weighted by atomic mass is 19.3. The molecule has 186 valence electrons. The van der Waals surface area contributed by atoms with E-state index >= 15 is 0 Å². The zero-order valence-corrected chi connectivity index (χ0v) is 20.2. The lowest BCUT2D eigenvalue weighted by Gasteiger charge is -2.52. The molecule has 0 bridgehead atoms. The number of halogens is 2. The van der Waals surface area contributed by atoms with Crippen LogP contribution in [0.1, 0.15) is 65.8 Å². The third-order valence-electron chi connectivity index (χ3n) is 7.42. The first kappa shape index (κ1) is 23.9. The van der Waals surface area contributed by atoms with Crippen molar-refractivity contribution in [3.05, 3.63) is 58.8 Å². The fourth-order valence-corrected chi connectivity index (χ4v) is 5.65. The number of aromatic carboxylic acids is 1. The second kappa shape index (κ2) is 8.70. The minimum Gasteiger partial charge on any atom is -0.478 e. The number of nitrogens with one attached hydrogen (secondary N) is 1.